The maximum absolute atomic E-state index is 10.7. The van der Waals surface area contributed by atoms with Crippen LogP contribution in [0, 0.1) is 17.3 Å². The molecule has 0 aliphatic heterocycles. The molecule has 14 heavy (non-hydrogen) atoms. The molecule has 1 fully saturated rings. The molecular formula is C11H21NO2. The Balaban J connectivity index is 2.44. The van der Waals surface area contributed by atoms with Gasteiger partial charge in [-0.1, -0.05) is 20.3 Å². The lowest BCUT2D eigenvalue weighted by molar-refractivity contribution is -0.142. The predicted octanol–water partition coefficient (Wildman–Crippen LogP) is 1.86. The van der Waals surface area contributed by atoms with E-state index in [0.717, 1.165) is 12.8 Å². The van der Waals surface area contributed by atoms with Crippen molar-refractivity contribution >= 4 is 5.97 Å². The summed E-state index contributed by atoms with van der Waals surface area (Å²) in [5.74, 6) is 0.699. The van der Waals surface area contributed by atoms with Crippen molar-refractivity contribution in [3.63, 3.8) is 0 Å². The van der Waals surface area contributed by atoms with Crippen molar-refractivity contribution in [2.45, 2.75) is 39.5 Å². The fourth-order valence-electron chi connectivity index (χ4n) is 2.49. The molecule has 3 nitrogen and oxygen atoms in total. The van der Waals surface area contributed by atoms with Crippen molar-refractivity contribution < 1.29 is 9.90 Å². The SMILES string of the molecule is CCC(C)C1CC(CN)(CC(=O)O)C1. The highest BCUT2D eigenvalue weighted by Crippen LogP contribution is 2.51. The van der Waals surface area contributed by atoms with Gasteiger partial charge in [-0.05, 0) is 36.6 Å². The van der Waals surface area contributed by atoms with Crippen LogP contribution < -0.4 is 5.73 Å². The van der Waals surface area contributed by atoms with Crippen molar-refractivity contribution in [3.05, 3.63) is 0 Å². The van der Waals surface area contributed by atoms with E-state index in [1.54, 1.807) is 0 Å². The van der Waals surface area contributed by atoms with Crippen LogP contribution in [0.5, 0.6) is 0 Å². The average Bonchev–Trinajstić information content (AvgIpc) is 2.09. The highest BCUT2D eigenvalue weighted by atomic mass is 16.4. The lowest BCUT2D eigenvalue weighted by atomic mass is 9.57. The van der Waals surface area contributed by atoms with Gasteiger partial charge in [-0.2, -0.15) is 0 Å². The molecular weight excluding hydrogens is 178 g/mol. The molecule has 0 aromatic heterocycles. The van der Waals surface area contributed by atoms with Crippen LogP contribution in [0.2, 0.25) is 0 Å². The van der Waals surface area contributed by atoms with Crippen molar-refractivity contribution in [3.8, 4) is 0 Å². The first-order valence-electron chi connectivity index (χ1n) is 5.45. The minimum Gasteiger partial charge on any atom is -0.481 e. The van der Waals surface area contributed by atoms with Gasteiger partial charge >= 0.3 is 5.97 Å². The molecule has 0 amide bonds. The summed E-state index contributed by atoms with van der Waals surface area (Å²) in [6, 6.07) is 0. The minimum absolute atomic E-state index is 0.0834. The van der Waals surface area contributed by atoms with Crippen LogP contribution in [-0.4, -0.2) is 17.6 Å². The molecule has 0 radical (unpaired) electrons. The van der Waals surface area contributed by atoms with E-state index in [1.165, 1.54) is 6.42 Å². The zero-order valence-electron chi connectivity index (χ0n) is 9.12. The summed E-state index contributed by atoms with van der Waals surface area (Å²) in [5, 5.41) is 8.77. The molecule has 1 unspecified atom stereocenters. The standard InChI is InChI=1S/C11H21NO2/c1-3-8(2)9-4-11(5-9,7-12)6-10(13)14/h8-9H,3-7,12H2,1-2H3,(H,13,14). The van der Waals surface area contributed by atoms with Gasteiger partial charge in [-0.25, -0.2) is 0 Å². The first-order valence-corrected chi connectivity index (χ1v) is 5.45. The van der Waals surface area contributed by atoms with E-state index >= 15 is 0 Å². The summed E-state index contributed by atoms with van der Waals surface area (Å²) in [7, 11) is 0. The topological polar surface area (TPSA) is 63.3 Å². The van der Waals surface area contributed by atoms with Gasteiger partial charge in [0.05, 0.1) is 6.42 Å². The van der Waals surface area contributed by atoms with Gasteiger partial charge in [0.25, 0.3) is 0 Å². The van der Waals surface area contributed by atoms with Crippen molar-refractivity contribution in [1.82, 2.24) is 0 Å². The fraction of sp³-hybridized carbons (Fsp3) is 0.909. The van der Waals surface area contributed by atoms with Crippen molar-refractivity contribution in [2.75, 3.05) is 6.54 Å². The first kappa shape index (κ1) is 11.5. The largest absolute Gasteiger partial charge is 0.481 e. The van der Waals surface area contributed by atoms with E-state index in [1.807, 2.05) is 0 Å². The van der Waals surface area contributed by atoms with Gasteiger partial charge in [0, 0.05) is 0 Å². The van der Waals surface area contributed by atoms with Gasteiger partial charge in [0.15, 0.2) is 0 Å². The van der Waals surface area contributed by atoms with Crippen LogP contribution in [0.3, 0.4) is 0 Å². The Kier molecular flexibility index (Phi) is 3.53. The quantitative estimate of drug-likeness (QED) is 0.710. The van der Waals surface area contributed by atoms with Gasteiger partial charge in [-0.3, -0.25) is 4.79 Å². The fourth-order valence-corrected chi connectivity index (χ4v) is 2.49. The monoisotopic (exact) mass is 199 g/mol. The summed E-state index contributed by atoms with van der Waals surface area (Å²) < 4.78 is 0. The molecule has 1 aliphatic carbocycles. The van der Waals surface area contributed by atoms with E-state index in [9.17, 15) is 4.79 Å². The van der Waals surface area contributed by atoms with E-state index in [2.05, 4.69) is 13.8 Å². The van der Waals surface area contributed by atoms with Crippen molar-refractivity contribution in [1.29, 1.82) is 0 Å². The zero-order valence-corrected chi connectivity index (χ0v) is 9.12. The highest BCUT2D eigenvalue weighted by Gasteiger charge is 2.45. The lowest BCUT2D eigenvalue weighted by Crippen LogP contribution is -2.46. The number of aliphatic carboxylic acids is 1. The van der Waals surface area contributed by atoms with Gasteiger partial charge in [-0.15, -0.1) is 0 Å². The Morgan fingerprint density at radius 2 is 2.21 bits per heavy atom. The summed E-state index contributed by atoms with van der Waals surface area (Å²) in [4.78, 5) is 10.7. The first-order chi connectivity index (χ1) is 6.53. The molecule has 1 rings (SSSR count). The molecule has 3 N–H and O–H groups in total. The second-order valence-electron chi connectivity index (χ2n) is 4.83. The number of carbonyl (C=O) groups is 1. The van der Waals surface area contributed by atoms with E-state index < -0.39 is 5.97 Å². The molecule has 0 saturated heterocycles. The summed E-state index contributed by atoms with van der Waals surface area (Å²) >= 11 is 0. The lowest BCUT2D eigenvalue weighted by Gasteiger charge is -2.49. The Morgan fingerprint density at radius 3 is 2.57 bits per heavy atom. The Bertz CT molecular complexity index is 209. The molecule has 1 saturated carbocycles. The highest BCUT2D eigenvalue weighted by molar-refractivity contribution is 5.68. The Morgan fingerprint density at radius 1 is 1.64 bits per heavy atom. The van der Waals surface area contributed by atoms with Crippen LogP contribution in [0.15, 0.2) is 0 Å². The third kappa shape index (κ3) is 2.27. The maximum atomic E-state index is 10.7. The van der Waals surface area contributed by atoms with Gasteiger partial charge in [0.2, 0.25) is 0 Å². The third-order valence-corrected chi connectivity index (χ3v) is 3.80. The van der Waals surface area contributed by atoms with Gasteiger partial charge < -0.3 is 10.8 Å². The Labute approximate surface area is 85.7 Å². The number of carboxylic acids is 1. The van der Waals surface area contributed by atoms with Crippen LogP contribution in [-0.2, 0) is 4.79 Å². The smallest absolute Gasteiger partial charge is 0.303 e. The summed E-state index contributed by atoms with van der Waals surface area (Å²) in [6.45, 7) is 4.95. The summed E-state index contributed by atoms with van der Waals surface area (Å²) in [5.41, 5.74) is 5.57. The molecule has 0 aromatic rings. The molecule has 1 atom stereocenters. The maximum Gasteiger partial charge on any atom is 0.303 e. The van der Waals surface area contributed by atoms with E-state index in [0.29, 0.717) is 18.4 Å². The van der Waals surface area contributed by atoms with E-state index in [-0.39, 0.29) is 11.8 Å². The second kappa shape index (κ2) is 4.30. The molecule has 0 bridgehead atoms. The normalized spacial score (nSPS) is 33.5. The Hall–Kier alpha value is -0.570. The number of nitrogens with two attached hydrogens (primary N) is 1. The van der Waals surface area contributed by atoms with Crippen molar-refractivity contribution in [2.24, 2.45) is 23.0 Å². The molecule has 82 valence electrons. The molecule has 3 heteroatoms. The molecule has 1 aliphatic rings. The van der Waals surface area contributed by atoms with Crippen LogP contribution in [0.1, 0.15) is 39.5 Å². The second-order valence-corrected chi connectivity index (χ2v) is 4.83. The zero-order chi connectivity index (χ0) is 10.8. The number of hydrogen-bond donors (Lipinski definition) is 2. The third-order valence-electron chi connectivity index (χ3n) is 3.80. The minimum atomic E-state index is -0.710. The van der Waals surface area contributed by atoms with Gasteiger partial charge in [0.1, 0.15) is 0 Å². The molecule has 0 aromatic carbocycles. The van der Waals surface area contributed by atoms with E-state index in [4.69, 9.17) is 10.8 Å². The van der Waals surface area contributed by atoms with Crippen LogP contribution >= 0.6 is 0 Å². The average molecular weight is 199 g/mol. The predicted molar refractivity (Wildman–Crippen MR) is 55.9 cm³/mol. The number of rotatable bonds is 5. The van der Waals surface area contributed by atoms with Crippen LogP contribution in [0.25, 0.3) is 0 Å². The number of carboxylic acid groups (broad SMARTS) is 1. The summed E-state index contributed by atoms with van der Waals surface area (Å²) in [6.07, 6.45) is 3.43. The molecule has 0 heterocycles. The number of hydrogen-bond acceptors (Lipinski definition) is 2. The molecule has 0 spiro atoms. The van der Waals surface area contributed by atoms with Crippen LogP contribution in [0.4, 0.5) is 0 Å².